The number of piperidine rings is 1. The number of nitrogens with one attached hydrogen (secondary N) is 1. The van der Waals surface area contributed by atoms with Crippen molar-refractivity contribution in [1.82, 2.24) is 15.3 Å². The second kappa shape index (κ2) is 7.21. The predicted octanol–water partition coefficient (Wildman–Crippen LogP) is 2.99. The summed E-state index contributed by atoms with van der Waals surface area (Å²) in [6.45, 7) is 6.39. The van der Waals surface area contributed by atoms with Crippen LogP contribution in [0.5, 0.6) is 0 Å². The molecule has 3 rings (SSSR count). The molecule has 1 saturated carbocycles. The van der Waals surface area contributed by atoms with Crippen molar-refractivity contribution in [3.8, 4) is 0 Å². The fourth-order valence-corrected chi connectivity index (χ4v) is 3.83. The molecule has 1 aliphatic carbocycles. The van der Waals surface area contributed by atoms with Gasteiger partial charge in [0.05, 0.1) is 11.9 Å². The van der Waals surface area contributed by atoms with Crippen molar-refractivity contribution in [2.75, 3.05) is 24.5 Å². The maximum absolute atomic E-state index is 4.81. The SMILES string of the molecule is CCCNCc1cncc(N2CCC3CCCCC3C2)n1. The number of hydrogen-bond acceptors (Lipinski definition) is 4. The number of fused-ring (bicyclic) bond motifs is 1. The van der Waals surface area contributed by atoms with Crippen LogP contribution >= 0.6 is 0 Å². The second-order valence-corrected chi connectivity index (χ2v) is 6.58. The topological polar surface area (TPSA) is 41.1 Å². The normalized spacial score (nSPS) is 25.7. The van der Waals surface area contributed by atoms with Crippen molar-refractivity contribution in [2.24, 2.45) is 11.8 Å². The minimum absolute atomic E-state index is 0.828. The number of hydrogen-bond donors (Lipinski definition) is 1. The van der Waals surface area contributed by atoms with E-state index in [1.807, 2.05) is 12.4 Å². The summed E-state index contributed by atoms with van der Waals surface area (Å²) >= 11 is 0. The Bertz CT molecular complexity index is 448. The Labute approximate surface area is 128 Å². The zero-order valence-corrected chi connectivity index (χ0v) is 13.2. The Hall–Kier alpha value is -1.16. The Kier molecular flexibility index (Phi) is 5.07. The maximum Gasteiger partial charge on any atom is 0.147 e. The quantitative estimate of drug-likeness (QED) is 0.846. The molecule has 2 aliphatic rings. The zero-order chi connectivity index (χ0) is 14.5. The highest BCUT2D eigenvalue weighted by atomic mass is 15.2. The molecule has 1 N–H and O–H groups in total. The van der Waals surface area contributed by atoms with Gasteiger partial charge in [-0.1, -0.05) is 26.2 Å². The lowest BCUT2D eigenvalue weighted by atomic mass is 9.75. The molecule has 2 heterocycles. The van der Waals surface area contributed by atoms with E-state index in [1.54, 1.807) is 0 Å². The second-order valence-electron chi connectivity index (χ2n) is 6.58. The molecule has 116 valence electrons. The van der Waals surface area contributed by atoms with E-state index in [1.165, 1.54) is 38.6 Å². The van der Waals surface area contributed by atoms with Gasteiger partial charge in [0.15, 0.2) is 0 Å². The summed E-state index contributed by atoms with van der Waals surface area (Å²) in [6, 6.07) is 0. The van der Waals surface area contributed by atoms with Gasteiger partial charge in [-0.2, -0.15) is 0 Å². The zero-order valence-electron chi connectivity index (χ0n) is 13.2. The van der Waals surface area contributed by atoms with Crippen molar-refractivity contribution in [3.05, 3.63) is 18.1 Å². The molecule has 4 nitrogen and oxygen atoms in total. The molecule has 0 spiro atoms. The summed E-state index contributed by atoms with van der Waals surface area (Å²) in [5.74, 6) is 2.93. The highest BCUT2D eigenvalue weighted by Gasteiger charge is 2.31. The van der Waals surface area contributed by atoms with Crippen LogP contribution in [0.3, 0.4) is 0 Å². The summed E-state index contributed by atoms with van der Waals surface area (Å²) in [6.07, 6.45) is 12.0. The fourth-order valence-electron chi connectivity index (χ4n) is 3.83. The van der Waals surface area contributed by atoms with E-state index in [0.29, 0.717) is 0 Å². The molecule has 2 fully saturated rings. The minimum Gasteiger partial charge on any atom is -0.355 e. The van der Waals surface area contributed by atoms with Crippen molar-refractivity contribution < 1.29 is 0 Å². The smallest absolute Gasteiger partial charge is 0.147 e. The average Bonchev–Trinajstić information content (AvgIpc) is 2.55. The molecule has 1 aliphatic heterocycles. The van der Waals surface area contributed by atoms with Crippen molar-refractivity contribution in [2.45, 2.75) is 52.0 Å². The molecule has 0 aromatic carbocycles. The Morgan fingerprint density at radius 1 is 1.19 bits per heavy atom. The summed E-state index contributed by atoms with van der Waals surface area (Å²) in [7, 11) is 0. The fraction of sp³-hybridized carbons (Fsp3) is 0.765. The monoisotopic (exact) mass is 288 g/mol. The number of anilines is 1. The van der Waals surface area contributed by atoms with Gasteiger partial charge in [-0.3, -0.25) is 4.98 Å². The van der Waals surface area contributed by atoms with Crippen LogP contribution in [0, 0.1) is 11.8 Å². The first kappa shape index (κ1) is 14.8. The molecule has 1 aromatic heterocycles. The molecule has 21 heavy (non-hydrogen) atoms. The van der Waals surface area contributed by atoms with E-state index in [0.717, 1.165) is 49.4 Å². The highest BCUT2D eigenvalue weighted by molar-refractivity contribution is 5.37. The van der Waals surface area contributed by atoms with Crippen LogP contribution in [-0.4, -0.2) is 29.6 Å². The molecule has 1 aromatic rings. The van der Waals surface area contributed by atoms with E-state index < -0.39 is 0 Å². The molecule has 4 heteroatoms. The number of nitrogens with zero attached hydrogens (tertiary/aromatic N) is 3. The Morgan fingerprint density at radius 2 is 2.05 bits per heavy atom. The van der Waals surface area contributed by atoms with Gasteiger partial charge in [-0.15, -0.1) is 0 Å². The van der Waals surface area contributed by atoms with Crippen molar-refractivity contribution in [1.29, 1.82) is 0 Å². The molecular formula is C17H28N4. The average molecular weight is 288 g/mol. The van der Waals surface area contributed by atoms with E-state index in [2.05, 4.69) is 22.1 Å². The lowest BCUT2D eigenvalue weighted by Crippen LogP contribution is -2.42. The van der Waals surface area contributed by atoms with Gasteiger partial charge in [-0.05, 0) is 37.6 Å². The van der Waals surface area contributed by atoms with Gasteiger partial charge in [-0.25, -0.2) is 4.98 Å². The first-order valence-electron chi connectivity index (χ1n) is 8.63. The van der Waals surface area contributed by atoms with Gasteiger partial charge in [0.1, 0.15) is 5.82 Å². The van der Waals surface area contributed by atoms with Crippen LogP contribution < -0.4 is 10.2 Å². The van der Waals surface area contributed by atoms with Gasteiger partial charge >= 0.3 is 0 Å². The first-order valence-corrected chi connectivity index (χ1v) is 8.63. The summed E-state index contributed by atoms with van der Waals surface area (Å²) in [5.41, 5.74) is 1.06. The van der Waals surface area contributed by atoms with Crippen molar-refractivity contribution >= 4 is 5.82 Å². The van der Waals surface area contributed by atoms with Crippen molar-refractivity contribution in [3.63, 3.8) is 0 Å². The molecule has 0 radical (unpaired) electrons. The lowest BCUT2D eigenvalue weighted by molar-refractivity contribution is 0.202. The third-order valence-corrected chi connectivity index (χ3v) is 5.02. The maximum atomic E-state index is 4.81. The van der Waals surface area contributed by atoms with Crippen LogP contribution in [0.2, 0.25) is 0 Å². The highest BCUT2D eigenvalue weighted by Crippen LogP contribution is 2.36. The van der Waals surface area contributed by atoms with Gasteiger partial charge in [0.25, 0.3) is 0 Å². The third kappa shape index (κ3) is 3.73. The third-order valence-electron chi connectivity index (χ3n) is 5.02. The minimum atomic E-state index is 0.828. The van der Waals surface area contributed by atoms with Crippen LogP contribution in [0.15, 0.2) is 12.4 Å². The van der Waals surface area contributed by atoms with Crippen LogP contribution in [0.1, 0.15) is 51.1 Å². The molecular weight excluding hydrogens is 260 g/mol. The van der Waals surface area contributed by atoms with Crippen LogP contribution in [-0.2, 0) is 6.54 Å². The summed E-state index contributed by atoms with van der Waals surface area (Å²) in [5, 5.41) is 3.41. The first-order chi connectivity index (χ1) is 10.4. The Morgan fingerprint density at radius 3 is 2.90 bits per heavy atom. The van der Waals surface area contributed by atoms with Crippen LogP contribution in [0.4, 0.5) is 5.82 Å². The van der Waals surface area contributed by atoms with E-state index >= 15 is 0 Å². The molecule has 1 saturated heterocycles. The van der Waals surface area contributed by atoms with Crippen LogP contribution in [0.25, 0.3) is 0 Å². The Balaban J connectivity index is 1.62. The summed E-state index contributed by atoms with van der Waals surface area (Å²) < 4.78 is 0. The van der Waals surface area contributed by atoms with Gasteiger partial charge < -0.3 is 10.2 Å². The summed E-state index contributed by atoms with van der Waals surface area (Å²) in [4.78, 5) is 11.7. The number of rotatable bonds is 5. The standard InChI is InChI=1S/C17H28N4/c1-2-8-18-10-16-11-19-12-17(20-16)21-9-7-14-5-3-4-6-15(14)13-21/h11-12,14-15,18H,2-10,13H2,1H3. The van der Waals surface area contributed by atoms with Gasteiger partial charge in [0.2, 0.25) is 0 Å². The predicted molar refractivity (Wildman–Crippen MR) is 86.3 cm³/mol. The number of aromatic nitrogens is 2. The van der Waals surface area contributed by atoms with E-state index in [4.69, 9.17) is 4.98 Å². The van der Waals surface area contributed by atoms with Gasteiger partial charge in [0, 0.05) is 25.8 Å². The largest absolute Gasteiger partial charge is 0.355 e. The lowest BCUT2D eigenvalue weighted by Gasteiger charge is -2.41. The molecule has 2 unspecified atom stereocenters. The van der Waals surface area contributed by atoms with E-state index in [9.17, 15) is 0 Å². The molecule has 0 bridgehead atoms. The van der Waals surface area contributed by atoms with E-state index in [-0.39, 0.29) is 0 Å². The molecule has 0 amide bonds. The molecule has 2 atom stereocenters.